The molecule has 0 bridgehead atoms. The monoisotopic (exact) mass is 354 g/mol. The van der Waals surface area contributed by atoms with Crippen molar-refractivity contribution in [1.82, 2.24) is 9.97 Å². The van der Waals surface area contributed by atoms with Gasteiger partial charge in [-0.2, -0.15) is 0 Å². The SMILES string of the molecule is COc1ccc(/C=C/c2ncc(-c3ccc(Br)cc3)[nH]2)cc1. The molecule has 0 aliphatic carbocycles. The lowest BCUT2D eigenvalue weighted by Gasteiger charge is -1.98. The van der Waals surface area contributed by atoms with Crippen molar-refractivity contribution in [3.63, 3.8) is 0 Å². The Morgan fingerprint density at radius 2 is 1.73 bits per heavy atom. The van der Waals surface area contributed by atoms with Gasteiger partial charge in [0.25, 0.3) is 0 Å². The number of methoxy groups -OCH3 is 1. The molecule has 2 aromatic carbocycles. The number of imidazole rings is 1. The lowest BCUT2D eigenvalue weighted by molar-refractivity contribution is 0.415. The second kappa shape index (κ2) is 6.62. The molecule has 0 aliphatic rings. The first-order valence-electron chi connectivity index (χ1n) is 6.88. The van der Waals surface area contributed by atoms with Crippen LogP contribution in [-0.2, 0) is 0 Å². The summed E-state index contributed by atoms with van der Waals surface area (Å²) < 4.78 is 6.21. The van der Waals surface area contributed by atoms with E-state index in [1.807, 2.05) is 54.7 Å². The van der Waals surface area contributed by atoms with Crippen LogP contribution in [0.25, 0.3) is 23.4 Å². The van der Waals surface area contributed by atoms with Gasteiger partial charge < -0.3 is 9.72 Å². The first-order valence-corrected chi connectivity index (χ1v) is 7.67. The van der Waals surface area contributed by atoms with Crippen LogP contribution in [0.3, 0.4) is 0 Å². The molecule has 0 spiro atoms. The van der Waals surface area contributed by atoms with E-state index in [0.717, 1.165) is 32.9 Å². The number of nitrogens with one attached hydrogen (secondary N) is 1. The average molecular weight is 355 g/mol. The van der Waals surface area contributed by atoms with Crippen LogP contribution in [0.2, 0.25) is 0 Å². The van der Waals surface area contributed by atoms with Crippen molar-refractivity contribution in [3.8, 4) is 17.0 Å². The van der Waals surface area contributed by atoms with Crippen LogP contribution < -0.4 is 4.74 Å². The molecule has 0 amide bonds. The van der Waals surface area contributed by atoms with E-state index in [4.69, 9.17) is 4.74 Å². The number of H-pyrrole nitrogens is 1. The molecule has 110 valence electrons. The molecule has 22 heavy (non-hydrogen) atoms. The molecule has 1 heterocycles. The van der Waals surface area contributed by atoms with Gasteiger partial charge in [-0.15, -0.1) is 0 Å². The number of aromatic amines is 1. The Balaban J connectivity index is 1.75. The van der Waals surface area contributed by atoms with E-state index >= 15 is 0 Å². The van der Waals surface area contributed by atoms with Crippen molar-refractivity contribution in [2.75, 3.05) is 7.11 Å². The largest absolute Gasteiger partial charge is 0.497 e. The molecule has 1 aromatic heterocycles. The molecule has 3 aromatic rings. The molecule has 3 nitrogen and oxygen atoms in total. The average Bonchev–Trinajstić information content (AvgIpc) is 3.03. The first-order chi connectivity index (χ1) is 10.7. The van der Waals surface area contributed by atoms with Gasteiger partial charge in [-0.3, -0.25) is 0 Å². The van der Waals surface area contributed by atoms with Crippen molar-refractivity contribution in [3.05, 3.63) is 70.6 Å². The summed E-state index contributed by atoms with van der Waals surface area (Å²) in [6.07, 6.45) is 5.82. The molecule has 0 fully saturated rings. The van der Waals surface area contributed by atoms with Crippen LogP contribution in [0.1, 0.15) is 11.4 Å². The highest BCUT2D eigenvalue weighted by molar-refractivity contribution is 9.10. The van der Waals surface area contributed by atoms with Crippen molar-refractivity contribution in [2.24, 2.45) is 0 Å². The minimum Gasteiger partial charge on any atom is -0.497 e. The van der Waals surface area contributed by atoms with Crippen LogP contribution in [0.15, 0.2) is 59.2 Å². The maximum atomic E-state index is 5.15. The minimum atomic E-state index is 0.828. The summed E-state index contributed by atoms with van der Waals surface area (Å²) in [4.78, 5) is 7.69. The Kier molecular flexibility index (Phi) is 4.39. The van der Waals surface area contributed by atoms with Crippen LogP contribution in [0.5, 0.6) is 5.75 Å². The number of ether oxygens (including phenoxy) is 1. The number of hydrogen-bond acceptors (Lipinski definition) is 2. The van der Waals surface area contributed by atoms with Crippen molar-refractivity contribution < 1.29 is 4.74 Å². The van der Waals surface area contributed by atoms with Gasteiger partial charge >= 0.3 is 0 Å². The molecule has 0 aliphatic heterocycles. The Labute approximate surface area is 137 Å². The Hall–Kier alpha value is -2.33. The van der Waals surface area contributed by atoms with Gasteiger partial charge in [0.2, 0.25) is 0 Å². The fourth-order valence-electron chi connectivity index (χ4n) is 2.09. The van der Waals surface area contributed by atoms with Crippen molar-refractivity contribution in [2.45, 2.75) is 0 Å². The molecule has 4 heteroatoms. The fourth-order valence-corrected chi connectivity index (χ4v) is 2.35. The lowest BCUT2D eigenvalue weighted by Crippen LogP contribution is -1.81. The molecule has 0 unspecified atom stereocenters. The first kappa shape index (κ1) is 14.6. The minimum absolute atomic E-state index is 0.828. The zero-order valence-corrected chi connectivity index (χ0v) is 13.7. The number of aromatic nitrogens is 2. The van der Waals surface area contributed by atoms with Gasteiger partial charge in [-0.25, -0.2) is 4.98 Å². The molecular weight excluding hydrogens is 340 g/mol. The third kappa shape index (κ3) is 3.46. The highest BCUT2D eigenvalue weighted by atomic mass is 79.9. The van der Waals surface area contributed by atoms with Crippen LogP contribution >= 0.6 is 15.9 Å². The summed E-state index contributed by atoms with van der Waals surface area (Å²) in [7, 11) is 1.66. The van der Waals surface area contributed by atoms with E-state index in [2.05, 4.69) is 38.0 Å². The second-order valence-corrected chi connectivity index (χ2v) is 5.71. The standard InChI is InChI=1S/C18H15BrN2O/c1-22-16-9-2-13(3-10-16)4-11-18-20-12-17(21-18)14-5-7-15(19)8-6-14/h2-12H,1H3,(H,20,21)/b11-4+. The number of rotatable bonds is 4. The van der Waals surface area contributed by atoms with Crippen molar-refractivity contribution in [1.29, 1.82) is 0 Å². The van der Waals surface area contributed by atoms with E-state index in [9.17, 15) is 0 Å². The second-order valence-electron chi connectivity index (χ2n) is 4.80. The van der Waals surface area contributed by atoms with Gasteiger partial charge in [0.15, 0.2) is 0 Å². The van der Waals surface area contributed by atoms with Crippen LogP contribution in [0, 0.1) is 0 Å². The van der Waals surface area contributed by atoms with E-state index in [-0.39, 0.29) is 0 Å². The molecule has 0 radical (unpaired) electrons. The Morgan fingerprint density at radius 3 is 2.41 bits per heavy atom. The molecule has 3 rings (SSSR count). The van der Waals surface area contributed by atoms with E-state index in [1.165, 1.54) is 0 Å². The van der Waals surface area contributed by atoms with Gasteiger partial charge in [-0.1, -0.05) is 46.3 Å². The normalized spacial score (nSPS) is 11.0. The van der Waals surface area contributed by atoms with Crippen LogP contribution in [0.4, 0.5) is 0 Å². The summed E-state index contributed by atoms with van der Waals surface area (Å²) in [5, 5.41) is 0. The molecule has 0 saturated carbocycles. The van der Waals surface area contributed by atoms with Gasteiger partial charge in [-0.05, 0) is 41.5 Å². The van der Waals surface area contributed by atoms with Crippen molar-refractivity contribution >= 4 is 28.1 Å². The maximum Gasteiger partial charge on any atom is 0.130 e. The molecular formula is C18H15BrN2O. The van der Waals surface area contributed by atoms with E-state index in [0.29, 0.717) is 0 Å². The Bertz CT molecular complexity index is 774. The molecule has 0 saturated heterocycles. The topological polar surface area (TPSA) is 37.9 Å². The predicted octanol–water partition coefficient (Wildman–Crippen LogP) is 5.02. The van der Waals surface area contributed by atoms with Gasteiger partial charge in [0.05, 0.1) is 19.0 Å². The van der Waals surface area contributed by atoms with E-state index in [1.54, 1.807) is 7.11 Å². The number of benzene rings is 2. The fraction of sp³-hybridized carbons (Fsp3) is 0.0556. The zero-order valence-electron chi connectivity index (χ0n) is 12.1. The number of halogens is 1. The summed E-state index contributed by atoms with van der Waals surface area (Å²) in [6, 6.07) is 16.0. The molecule has 0 atom stereocenters. The summed E-state index contributed by atoms with van der Waals surface area (Å²) in [5.74, 6) is 1.68. The van der Waals surface area contributed by atoms with Gasteiger partial charge in [0, 0.05) is 4.47 Å². The predicted molar refractivity (Wildman–Crippen MR) is 93.6 cm³/mol. The van der Waals surface area contributed by atoms with E-state index < -0.39 is 0 Å². The summed E-state index contributed by atoms with van der Waals surface area (Å²) in [5.41, 5.74) is 3.21. The molecule has 1 N–H and O–H groups in total. The smallest absolute Gasteiger partial charge is 0.130 e. The summed E-state index contributed by atoms with van der Waals surface area (Å²) in [6.45, 7) is 0. The van der Waals surface area contributed by atoms with Crippen LogP contribution in [-0.4, -0.2) is 17.1 Å². The third-order valence-electron chi connectivity index (χ3n) is 3.30. The number of nitrogens with zero attached hydrogens (tertiary/aromatic N) is 1. The Morgan fingerprint density at radius 1 is 1.00 bits per heavy atom. The van der Waals surface area contributed by atoms with Gasteiger partial charge in [0.1, 0.15) is 11.6 Å². The highest BCUT2D eigenvalue weighted by Crippen LogP contribution is 2.20. The summed E-state index contributed by atoms with van der Waals surface area (Å²) >= 11 is 3.44. The quantitative estimate of drug-likeness (QED) is 0.714. The maximum absolute atomic E-state index is 5.15. The zero-order chi connectivity index (χ0) is 15.4. The highest BCUT2D eigenvalue weighted by Gasteiger charge is 2.01. The number of hydrogen-bond donors (Lipinski definition) is 1. The lowest BCUT2D eigenvalue weighted by atomic mass is 10.2. The third-order valence-corrected chi connectivity index (χ3v) is 3.83.